The molecule has 0 aliphatic heterocycles. The maximum atomic E-state index is 6.02. The van der Waals surface area contributed by atoms with Crippen molar-refractivity contribution in [2.24, 2.45) is 0 Å². The molecule has 0 spiro atoms. The van der Waals surface area contributed by atoms with Gasteiger partial charge in [-0.05, 0) is 42.0 Å². The summed E-state index contributed by atoms with van der Waals surface area (Å²) in [6.45, 7) is 0. The van der Waals surface area contributed by atoms with E-state index in [9.17, 15) is 0 Å². The molecule has 0 aliphatic rings. The predicted molar refractivity (Wildman–Crippen MR) is 81.8 cm³/mol. The maximum Gasteiger partial charge on any atom is 0.176 e. The van der Waals surface area contributed by atoms with Crippen LogP contribution in [-0.2, 0) is 0 Å². The van der Waals surface area contributed by atoms with Crippen molar-refractivity contribution in [1.82, 2.24) is 5.16 Å². The van der Waals surface area contributed by atoms with Gasteiger partial charge in [-0.2, -0.15) is 0 Å². The van der Waals surface area contributed by atoms with Crippen molar-refractivity contribution < 1.29 is 4.52 Å². The molecule has 3 rings (SSSR count). The molecule has 2 aromatic carbocycles. The molecule has 0 amide bonds. The van der Waals surface area contributed by atoms with Crippen LogP contribution in [-0.4, -0.2) is 5.16 Å². The van der Waals surface area contributed by atoms with E-state index in [0.29, 0.717) is 21.6 Å². The fourth-order valence-corrected chi connectivity index (χ4v) is 2.34. The molecule has 3 aromatic rings. The fraction of sp³-hybridized carbons (Fsp3) is 0. The third-order valence-corrected chi connectivity index (χ3v) is 3.43. The topological polar surface area (TPSA) is 52.0 Å². The number of nitrogens with zero attached hydrogens (tertiary/aromatic N) is 1. The van der Waals surface area contributed by atoms with E-state index >= 15 is 0 Å². The van der Waals surface area contributed by atoms with Gasteiger partial charge in [0.15, 0.2) is 11.6 Å². The smallest absolute Gasteiger partial charge is 0.176 e. The Balaban J connectivity index is 2.17. The van der Waals surface area contributed by atoms with E-state index in [-0.39, 0.29) is 0 Å². The summed E-state index contributed by atoms with van der Waals surface area (Å²) in [5, 5.41) is 5.14. The highest BCUT2D eigenvalue weighted by atomic mass is 35.5. The van der Waals surface area contributed by atoms with Crippen LogP contribution in [0.25, 0.3) is 22.5 Å². The van der Waals surface area contributed by atoms with Gasteiger partial charge in [-0.3, -0.25) is 0 Å². The summed E-state index contributed by atoms with van der Waals surface area (Å²) in [6.07, 6.45) is 0. The van der Waals surface area contributed by atoms with Crippen LogP contribution in [0.4, 0.5) is 5.82 Å². The highest BCUT2D eigenvalue weighted by Crippen LogP contribution is 2.37. The lowest BCUT2D eigenvalue weighted by Gasteiger charge is -2.03. The number of aromatic nitrogens is 1. The highest BCUT2D eigenvalue weighted by Gasteiger charge is 2.17. The van der Waals surface area contributed by atoms with Crippen molar-refractivity contribution in [3.63, 3.8) is 0 Å². The lowest BCUT2D eigenvalue weighted by Crippen LogP contribution is -1.88. The molecular formula is C15H10Cl2N2O. The fourth-order valence-electron chi connectivity index (χ4n) is 2.02. The largest absolute Gasteiger partial charge is 0.380 e. The summed E-state index contributed by atoms with van der Waals surface area (Å²) in [6, 6.07) is 14.7. The standard InChI is InChI=1S/C15H10Cl2N2O/c16-11-6-4-9(5-7-11)14-13(15(18)19-20-14)10-2-1-3-12(17)8-10/h1-8H,(H2,18,19). The van der Waals surface area contributed by atoms with Gasteiger partial charge in [0.2, 0.25) is 0 Å². The average molecular weight is 305 g/mol. The van der Waals surface area contributed by atoms with Crippen LogP contribution in [0.1, 0.15) is 0 Å². The Morgan fingerprint density at radius 1 is 0.900 bits per heavy atom. The van der Waals surface area contributed by atoms with Crippen LogP contribution in [0.2, 0.25) is 10.0 Å². The number of anilines is 1. The second kappa shape index (κ2) is 5.19. The Morgan fingerprint density at radius 3 is 2.35 bits per heavy atom. The summed E-state index contributed by atoms with van der Waals surface area (Å²) in [5.74, 6) is 0.929. The zero-order valence-corrected chi connectivity index (χ0v) is 11.8. The normalized spacial score (nSPS) is 10.7. The molecule has 100 valence electrons. The second-order valence-corrected chi connectivity index (χ2v) is 5.16. The van der Waals surface area contributed by atoms with Crippen LogP contribution in [0.5, 0.6) is 0 Å². The monoisotopic (exact) mass is 304 g/mol. The maximum absolute atomic E-state index is 6.02. The van der Waals surface area contributed by atoms with Crippen molar-refractivity contribution in [3.8, 4) is 22.5 Å². The molecule has 0 atom stereocenters. The zero-order chi connectivity index (χ0) is 14.1. The number of benzene rings is 2. The summed E-state index contributed by atoms with van der Waals surface area (Å²) in [4.78, 5) is 0. The number of nitrogens with two attached hydrogens (primary N) is 1. The zero-order valence-electron chi connectivity index (χ0n) is 10.3. The van der Waals surface area contributed by atoms with Crippen LogP contribution >= 0.6 is 23.2 Å². The van der Waals surface area contributed by atoms with Gasteiger partial charge in [0.25, 0.3) is 0 Å². The summed E-state index contributed by atoms with van der Waals surface area (Å²) in [7, 11) is 0. The molecule has 3 nitrogen and oxygen atoms in total. The van der Waals surface area contributed by atoms with Gasteiger partial charge in [-0.15, -0.1) is 0 Å². The van der Waals surface area contributed by atoms with Crippen LogP contribution < -0.4 is 5.73 Å². The third-order valence-electron chi connectivity index (χ3n) is 2.94. The van der Waals surface area contributed by atoms with Crippen molar-refractivity contribution in [3.05, 3.63) is 58.6 Å². The van der Waals surface area contributed by atoms with Gasteiger partial charge in [0, 0.05) is 15.6 Å². The van der Waals surface area contributed by atoms with Gasteiger partial charge in [-0.25, -0.2) is 0 Å². The quantitative estimate of drug-likeness (QED) is 0.732. The molecule has 0 unspecified atom stereocenters. The van der Waals surface area contributed by atoms with E-state index in [1.165, 1.54) is 0 Å². The summed E-state index contributed by atoms with van der Waals surface area (Å²) >= 11 is 11.9. The molecule has 0 saturated heterocycles. The molecule has 0 saturated carbocycles. The first-order chi connectivity index (χ1) is 9.65. The number of hydrogen-bond donors (Lipinski definition) is 1. The first kappa shape index (κ1) is 13.0. The van der Waals surface area contributed by atoms with E-state index in [1.54, 1.807) is 18.2 Å². The highest BCUT2D eigenvalue weighted by molar-refractivity contribution is 6.31. The van der Waals surface area contributed by atoms with Crippen LogP contribution in [0, 0.1) is 0 Å². The van der Waals surface area contributed by atoms with E-state index in [1.807, 2.05) is 30.3 Å². The molecule has 1 heterocycles. The molecule has 0 bridgehead atoms. The van der Waals surface area contributed by atoms with Gasteiger partial charge >= 0.3 is 0 Å². The third kappa shape index (κ3) is 2.38. The Morgan fingerprint density at radius 2 is 1.65 bits per heavy atom. The first-order valence-corrected chi connectivity index (χ1v) is 6.68. The van der Waals surface area contributed by atoms with E-state index in [0.717, 1.165) is 16.7 Å². The Labute approximate surface area is 125 Å². The number of hydrogen-bond acceptors (Lipinski definition) is 3. The van der Waals surface area contributed by atoms with Crippen molar-refractivity contribution >= 4 is 29.0 Å². The molecule has 0 fully saturated rings. The minimum atomic E-state index is 0.331. The van der Waals surface area contributed by atoms with Crippen molar-refractivity contribution in [2.45, 2.75) is 0 Å². The Hall–Kier alpha value is -1.97. The van der Waals surface area contributed by atoms with Gasteiger partial charge in [0.1, 0.15) is 0 Å². The van der Waals surface area contributed by atoms with Crippen molar-refractivity contribution in [1.29, 1.82) is 0 Å². The average Bonchev–Trinajstić information content (AvgIpc) is 2.81. The predicted octanol–water partition coefficient (Wildman–Crippen LogP) is 4.90. The molecule has 20 heavy (non-hydrogen) atoms. The SMILES string of the molecule is Nc1noc(-c2ccc(Cl)cc2)c1-c1cccc(Cl)c1. The number of rotatable bonds is 2. The minimum Gasteiger partial charge on any atom is -0.380 e. The number of halogens is 2. The lowest BCUT2D eigenvalue weighted by atomic mass is 10.0. The van der Waals surface area contributed by atoms with Gasteiger partial charge in [0.05, 0.1) is 5.56 Å². The Kier molecular flexibility index (Phi) is 3.38. The van der Waals surface area contributed by atoms with Crippen LogP contribution in [0.15, 0.2) is 53.1 Å². The molecule has 0 aliphatic carbocycles. The lowest BCUT2D eigenvalue weighted by molar-refractivity contribution is 0.436. The molecular weight excluding hydrogens is 295 g/mol. The first-order valence-electron chi connectivity index (χ1n) is 5.92. The van der Waals surface area contributed by atoms with E-state index in [2.05, 4.69) is 5.16 Å². The Bertz CT molecular complexity index is 751. The number of nitrogen functional groups attached to an aromatic ring is 1. The van der Waals surface area contributed by atoms with Crippen molar-refractivity contribution in [2.75, 3.05) is 5.73 Å². The molecule has 2 N–H and O–H groups in total. The van der Waals surface area contributed by atoms with Crippen LogP contribution in [0.3, 0.4) is 0 Å². The van der Waals surface area contributed by atoms with Gasteiger partial charge in [-0.1, -0.05) is 40.5 Å². The molecule has 5 heteroatoms. The van der Waals surface area contributed by atoms with E-state index < -0.39 is 0 Å². The summed E-state index contributed by atoms with van der Waals surface area (Å²) < 4.78 is 5.35. The molecule has 1 aromatic heterocycles. The minimum absolute atomic E-state index is 0.331. The molecule has 0 radical (unpaired) electrons. The second-order valence-electron chi connectivity index (χ2n) is 4.29. The van der Waals surface area contributed by atoms with Gasteiger partial charge < -0.3 is 10.3 Å². The summed E-state index contributed by atoms with van der Waals surface area (Å²) in [5.41, 5.74) is 8.37. The van der Waals surface area contributed by atoms with E-state index in [4.69, 9.17) is 33.5 Å².